The van der Waals surface area contributed by atoms with Crippen molar-refractivity contribution >= 4 is 11.6 Å². The number of hydrogen-bond donors (Lipinski definition) is 1. The van der Waals surface area contributed by atoms with E-state index in [-0.39, 0.29) is 5.91 Å². The van der Waals surface area contributed by atoms with Gasteiger partial charge in [0.2, 0.25) is 5.91 Å². The van der Waals surface area contributed by atoms with Crippen molar-refractivity contribution in [2.24, 2.45) is 11.8 Å². The second-order valence-electron chi connectivity index (χ2n) is 8.77. The molecule has 0 saturated carbocycles. The lowest BCUT2D eigenvalue weighted by Crippen LogP contribution is -2.33. The van der Waals surface area contributed by atoms with Crippen LogP contribution in [0.1, 0.15) is 31.0 Å². The topological polar surface area (TPSA) is 49.6 Å². The number of imidazole rings is 1. The number of nitrogens with one attached hydrogen (secondary N) is 1. The highest BCUT2D eigenvalue weighted by atomic mass is 16.2. The Balaban J connectivity index is 1.47. The van der Waals surface area contributed by atoms with Crippen LogP contribution in [0.15, 0.2) is 48.7 Å². The van der Waals surface area contributed by atoms with Gasteiger partial charge in [0, 0.05) is 37.9 Å². The van der Waals surface area contributed by atoms with Crippen LogP contribution in [0.3, 0.4) is 0 Å². The van der Waals surface area contributed by atoms with Crippen molar-refractivity contribution in [3.8, 4) is 11.3 Å². The van der Waals surface area contributed by atoms with Crippen molar-refractivity contribution in [3.63, 3.8) is 0 Å². The van der Waals surface area contributed by atoms with E-state index in [9.17, 15) is 4.79 Å². The summed E-state index contributed by atoms with van der Waals surface area (Å²) in [5, 5.41) is 3.44. The Hall–Kier alpha value is -2.66. The number of aromatic nitrogens is 2. The number of carbonyl (C=O) groups is 1. The molecule has 0 spiro atoms. The molecule has 5 rings (SSSR count). The molecule has 29 heavy (non-hydrogen) atoms. The van der Waals surface area contributed by atoms with Crippen molar-refractivity contribution in [3.05, 3.63) is 59.9 Å². The van der Waals surface area contributed by atoms with Crippen molar-refractivity contribution < 1.29 is 4.79 Å². The standard InChI is InChI=1S/C24H28N4O/c1-16(2)17-6-8-18(9-7-17)24-21(28-10-4-3-5-22(28)26-24)11-23(29)27-14-19-12-25-13-20(19)15-27/h3-10,16,19-20,25H,11-15H2,1-2H3. The smallest absolute Gasteiger partial charge is 0.228 e. The molecule has 0 aliphatic carbocycles. The van der Waals surface area contributed by atoms with E-state index >= 15 is 0 Å². The molecule has 2 aromatic heterocycles. The number of likely N-dealkylation sites (tertiary alicyclic amines) is 1. The molecule has 0 bridgehead atoms. The van der Waals surface area contributed by atoms with Crippen LogP contribution in [-0.4, -0.2) is 46.4 Å². The number of hydrogen-bond acceptors (Lipinski definition) is 3. The first-order chi connectivity index (χ1) is 14.1. The van der Waals surface area contributed by atoms with Gasteiger partial charge in [-0.3, -0.25) is 4.79 Å². The summed E-state index contributed by atoms with van der Waals surface area (Å²) in [6.45, 7) is 8.24. The van der Waals surface area contributed by atoms with Gasteiger partial charge in [-0.15, -0.1) is 0 Å². The Morgan fingerprint density at radius 2 is 1.83 bits per heavy atom. The summed E-state index contributed by atoms with van der Waals surface area (Å²) in [4.78, 5) is 20.1. The molecule has 2 atom stereocenters. The molecule has 2 aliphatic heterocycles. The van der Waals surface area contributed by atoms with E-state index in [1.165, 1.54) is 5.56 Å². The van der Waals surface area contributed by atoms with Crippen LogP contribution in [-0.2, 0) is 11.2 Å². The third kappa shape index (κ3) is 3.33. The predicted molar refractivity (Wildman–Crippen MR) is 115 cm³/mol. The average molecular weight is 389 g/mol. The Labute approximate surface area is 171 Å². The maximum absolute atomic E-state index is 13.2. The summed E-state index contributed by atoms with van der Waals surface area (Å²) >= 11 is 0. The van der Waals surface area contributed by atoms with Gasteiger partial charge >= 0.3 is 0 Å². The van der Waals surface area contributed by atoms with E-state index in [1.807, 2.05) is 24.4 Å². The van der Waals surface area contributed by atoms with Gasteiger partial charge in [-0.25, -0.2) is 4.98 Å². The highest BCUT2D eigenvalue weighted by molar-refractivity contribution is 5.82. The molecule has 5 heteroatoms. The Bertz CT molecular complexity index is 1020. The number of carbonyl (C=O) groups excluding carboxylic acids is 1. The molecule has 150 valence electrons. The number of fused-ring (bicyclic) bond motifs is 2. The molecule has 1 N–H and O–H groups in total. The molecule has 1 aromatic carbocycles. The van der Waals surface area contributed by atoms with Gasteiger partial charge in [0.15, 0.2) is 0 Å². The summed E-state index contributed by atoms with van der Waals surface area (Å²) in [6, 6.07) is 14.6. The zero-order valence-electron chi connectivity index (χ0n) is 17.1. The molecular weight excluding hydrogens is 360 g/mol. The molecule has 0 radical (unpaired) electrons. The van der Waals surface area contributed by atoms with Gasteiger partial charge in [0.25, 0.3) is 0 Å². The summed E-state index contributed by atoms with van der Waals surface area (Å²) < 4.78 is 2.07. The van der Waals surface area contributed by atoms with E-state index in [4.69, 9.17) is 4.98 Å². The van der Waals surface area contributed by atoms with E-state index in [0.29, 0.717) is 24.2 Å². The maximum atomic E-state index is 13.2. The molecule has 2 saturated heterocycles. The Kier molecular flexibility index (Phi) is 4.63. The first-order valence-corrected chi connectivity index (χ1v) is 10.6. The highest BCUT2D eigenvalue weighted by Crippen LogP contribution is 2.30. The fourth-order valence-electron chi connectivity index (χ4n) is 4.79. The van der Waals surface area contributed by atoms with Crippen LogP contribution in [0.4, 0.5) is 0 Å². The van der Waals surface area contributed by atoms with Gasteiger partial charge in [-0.05, 0) is 35.4 Å². The lowest BCUT2D eigenvalue weighted by Gasteiger charge is -2.18. The quantitative estimate of drug-likeness (QED) is 0.746. The molecule has 2 aliphatic rings. The minimum Gasteiger partial charge on any atom is -0.342 e. The summed E-state index contributed by atoms with van der Waals surface area (Å²) in [5.74, 6) is 1.94. The molecule has 3 aromatic rings. The Morgan fingerprint density at radius 1 is 1.10 bits per heavy atom. The van der Waals surface area contributed by atoms with Gasteiger partial charge < -0.3 is 14.6 Å². The number of nitrogens with zero attached hydrogens (tertiary/aromatic N) is 3. The maximum Gasteiger partial charge on any atom is 0.228 e. The molecule has 5 nitrogen and oxygen atoms in total. The zero-order valence-corrected chi connectivity index (χ0v) is 17.1. The van der Waals surface area contributed by atoms with E-state index in [1.54, 1.807) is 0 Å². The van der Waals surface area contributed by atoms with Crippen LogP contribution in [0.5, 0.6) is 0 Å². The third-order valence-electron chi connectivity index (χ3n) is 6.54. The summed E-state index contributed by atoms with van der Waals surface area (Å²) in [7, 11) is 0. The first kappa shape index (κ1) is 18.4. The third-order valence-corrected chi connectivity index (χ3v) is 6.54. The fourth-order valence-corrected chi connectivity index (χ4v) is 4.79. The minimum absolute atomic E-state index is 0.213. The lowest BCUT2D eigenvalue weighted by atomic mass is 10.00. The van der Waals surface area contributed by atoms with E-state index in [0.717, 1.165) is 48.8 Å². The number of pyridine rings is 1. The van der Waals surface area contributed by atoms with Crippen LogP contribution < -0.4 is 5.32 Å². The summed E-state index contributed by atoms with van der Waals surface area (Å²) in [5.41, 5.74) is 5.18. The van der Waals surface area contributed by atoms with Crippen molar-refractivity contribution in [1.29, 1.82) is 0 Å². The van der Waals surface area contributed by atoms with E-state index in [2.05, 4.69) is 52.7 Å². The second kappa shape index (κ2) is 7.30. The van der Waals surface area contributed by atoms with Gasteiger partial charge in [0.1, 0.15) is 5.65 Å². The van der Waals surface area contributed by atoms with Crippen molar-refractivity contribution in [2.75, 3.05) is 26.2 Å². The number of rotatable bonds is 4. The number of amides is 1. The fraction of sp³-hybridized carbons (Fsp3) is 0.417. The zero-order chi connectivity index (χ0) is 20.0. The minimum atomic E-state index is 0.213. The Morgan fingerprint density at radius 3 is 2.52 bits per heavy atom. The van der Waals surface area contributed by atoms with Crippen LogP contribution in [0, 0.1) is 11.8 Å². The summed E-state index contributed by atoms with van der Waals surface area (Å²) in [6.07, 6.45) is 2.40. The van der Waals surface area contributed by atoms with E-state index < -0.39 is 0 Å². The molecule has 2 unspecified atom stereocenters. The average Bonchev–Trinajstić information content (AvgIpc) is 3.42. The number of benzene rings is 1. The van der Waals surface area contributed by atoms with Crippen molar-refractivity contribution in [1.82, 2.24) is 19.6 Å². The van der Waals surface area contributed by atoms with Crippen molar-refractivity contribution in [2.45, 2.75) is 26.2 Å². The monoisotopic (exact) mass is 388 g/mol. The molecule has 4 heterocycles. The second-order valence-corrected chi connectivity index (χ2v) is 8.77. The van der Waals surface area contributed by atoms with Gasteiger partial charge in [0.05, 0.1) is 17.8 Å². The normalized spacial score (nSPS) is 21.3. The largest absolute Gasteiger partial charge is 0.342 e. The SMILES string of the molecule is CC(C)c1ccc(-c2nc3ccccn3c2CC(=O)N2CC3CNCC3C2)cc1. The lowest BCUT2D eigenvalue weighted by molar-refractivity contribution is -0.129. The van der Waals surface area contributed by atoms with Gasteiger partial charge in [-0.1, -0.05) is 44.2 Å². The molecule has 2 fully saturated rings. The molecule has 1 amide bonds. The van der Waals surface area contributed by atoms with Crippen LogP contribution in [0.25, 0.3) is 16.9 Å². The first-order valence-electron chi connectivity index (χ1n) is 10.6. The van der Waals surface area contributed by atoms with Crippen LogP contribution >= 0.6 is 0 Å². The van der Waals surface area contributed by atoms with Gasteiger partial charge in [-0.2, -0.15) is 0 Å². The van der Waals surface area contributed by atoms with Crippen LogP contribution in [0.2, 0.25) is 0 Å². The highest BCUT2D eigenvalue weighted by Gasteiger charge is 2.38. The molecular formula is C24H28N4O. The predicted octanol–water partition coefficient (Wildman–Crippen LogP) is 3.35.